The van der Waals surface area contributed by atoms with E-state index in [1.165, 1.54) is 25.9 Å². The molecule has 54 valence electrons. The molecule has 0 aromatic heterocycles. The molecule has 2 aliphatic rings. The van der Waals surface area contributed by atoms with E-state index in [9.17, 15) is 0 Å². The second kappa shape index (κ2) is 2.01. The summed E-state index contributed by atoms with van der Waals surface area (Å²) in [5.74, 6) is 1.35. The number of rotatable bonds is 0. The quantitative estimate of drug-likeness (QED) is 0.488. The summed E-state index contributed by atoms with van der Waals surface area (Å²) < 4.78 is 0. The van der Waals surface area contributed by atoms with Gasteiger partial charge < -0.3 is 5.32 Å². The SMILES string of the molecule is [B][C@H]1C[C@@H]2CNC[C@]2(C)C1. The van der Waals surface area contributed by atoms with Gasteiger partial charge in [0.1, 0.15) is 0 Å². The monoisotopic (exact) mass is 135 g/mol. The van der Waals surface area contributed by atoms with Crippen molar-refractivity contribution in [1.82, 2.24) is 5.32 Å². The molecule has 1 saturated heterocycles. The lowest BCUT2D eigenvalue weighted by Gasteiger charge is -2.21. The number of fused-ring (bicyclic) bond motifs is 1. The molecule has 0 aromatic carbocycles. The van der Waals surface area contributed by atoms with Crippen molar-refractivity contribution < 1.29 is 0 Å². The van der Waals surface area contributed by atoms with Gasteiger partial charge in [0, 0.05) is 6.54 Å². The van der Waals surface area contributed by atoms with Crippen LogP contribution in [0.2, 0.25) is 5.82 Å². The molecule has 1 aliphatic carbocycles. The van der Waals surface area contributed by atoms with Crippen molar-refractivity contribution in [2.45, 2.75) is 25.6 Å². The molecule has 2 heteroatoms. The summed E-state index contributed by atoms with van der Waals surface area (Å²) in [4.78, 5) is 0. The molecular weight excluding hydrogens is 121 g/mol. The fourth-order valence-electron chi connectivity index (χ4n) is 2.58. The Morgan fingerprint density at radius 2 is 2.40 bits per heavy atom. The first-order valence-corrected chi connectivity index (χ1v) is 4.17. The highest BCUT2D eigenvalue weighted by Crippen LogP contribution is 2.49. The van der Waals surface area contributed by atoms with E-state index in [2.05, 4.69) is 12.2 Å². The predicted octanol–water partition coefficient (Wildman–Crippen LogP) is 0.963. The highest BCUT2D eigenvalue weighted by Gasteiger charge is 2.44. The molecule has 2 rings (SSSR count). The smallest absolute Gasteiger partial charge is 0.0699 e. The first-order chi connectivity index (χ1) is 4.71. The van der Waals surface area contributed by atoms with Gasteiger partial charge in [-0.25, -0.2) is 0 Å². The minimum absolute atomic E-state index is 0.483. The van der Waals surface area contributed by atoms with E-state index in [1.807, 2.05) is 0 Å². The van der Waals surface area contributed by atoms with Gasteiger partial charge >= 0.3 is 0 Å². The Morgan fingerprint density at radius 1 is 1.60 bits per heavy atom. The molecule has 0 unspecified atom stereocenters. The molecule has 2 radical (unpaired) electrons. The Bertz CT molecular complexity index is 148. The minimum atomic E-state index is 0.483. The van der Waals surface area contributed by atoms with E-state index in [0.29, 0.717) is 11.2 Å². The van der Waals surface area contributed by atoms with E-state index in [4.69, 9.17) is 7.85 Å². The number of hydrogen-bond acceptors (Lipinski definition) is 1. The second-order valence-electron chi connectivity index (χ2n) is 4.18. The van der Waals surface area contributed by atoms with E-state index in [0.717, 1.165) is 5.92 Å². The maximum atomic E-state index is 5.88. The van der Waals surface area contributed by atoms with Gasteiger partial charge in [-0.3, -0.25) is 0 Å². The zero-order chi connectivity index (χ0) is 7.19. The summed E-state index contributed by atoms with van der Waals surface area (Å²) in [7, 11) is 5.88. The van der Waals surface area contributed by atoms with Crippen LogP contribution in [-0.4, -0.2) is 20.9 Å². The first-order valence-electron chi connectivity index (χ1n) is 4.17. The van der Waals surface area contributed by atoms with Crippen LogP contribution < -0.4 is 5.32 Å². The molecule has 0 amide bonds. The van der Waals surface area contributed by atoms with Gasteiger partial charge in [0.2, 0.25) is 0 Å². The zero-order valence-corrected chi connectivity index (χ0v) is 6.56. The van der Waals surface area contributed by atoms with Crippen molar-refractivity contribution in [2.75, 3.05) is 13.1 Å². The van der Waals surface area contributed by atoms with Gasteiger partial charge in [-0.1, -0.05) is 25.6 Å². The summed E-state index contributed by atoms with van der Waals surface area (Å²) in [5.41, 5.74) is 0.541. The molecule has 1 nitrogen and oxygen atoms in total. The Balaban J connectivity index is 2.15. The van der Waals surface area contributed by atoms with Crippen LogP contribution in [0.3, 0.4) is 0 Å². The molecule has 1 aliphatic heterocycles. The summed E-state index contributed by atoms with van der Waals surface area (Å²) in [5, 5.41) is 3.43. The van der Waals surface area contributed by atoms with Crippen LogP contribution >= 0.6 is 0 Å². The Kier molecular flexibility index (Phi) is 1.35. The topological polar surface area (TPSA) is 12.0 Å². The lowest BCUT2D eigenvalue weighted by atomic mass is 9.80. The molecule has 1 heterocycles. The Labute approximate surface area is 64.0 Å². The van der Waals surface area contributed by atoms with Gasteiger partial charge in [0.15, 0.2) is 0 Å². The minimum Gasteiger partial charge on any atom is -0.316 e. The average molecular weight is 135 g/mol. The van der Waals surface area contributed by atoms with Crippen LogP contribution in [0.5, 0.6) is 0 Å². The molecule has 0 aromatic rings. The zero-order valence-electron chi connectivity index (χ0n) is 6.56. The summed E-state index contributed by atoms with van der Waals surface area (Å²) >= 11 is 0. The van der Waals surface area contributed by atoms with E-state index in [1.54, 1.807) is 0 Å². The third-order valence-electron chi connectivity index (χ3n) is 3.22. The highest BCUT2D eigenvalue weighted by atomic mass is 14.9. The summed E-state index contributed by atoms with van der Waals surface area (Å²) in [6.45, 7) is 4.75. The van der Waals surface area contributed by atoms with E-state index < -0.39 is 0 Å². The van der Waals surface area contributed by atoms with Crippen LogP contribution in [0.25, 0.3) is 0 Å². The fraction of sp³-hybridized carbons (Fsp3) is 1.00. The summed E-state index contributed by atoms with van der Waals surface area (Å²) in [6.07, 6.45) is 2.47. The van der Waals surface area contributed by atoms with Crippen LogP contribution in [-0.2, 0) is 0 Å². The van der Waals surface area contributed by atoms with Crippen LogP contribution in [0.15, 0.2) is 0 Å². The molecular formula is C8H14BN. The van der Waals surface area contributed by atoms with Crippen molar-refractivity contribution in [3.8, 4) is 0 Å². The van der Waals surface area contributed by atoms with Gasteiger partial charge in [-0.2, -0.15) is 0 Å². The fourth-order valence-corrected chi connectivity index (χ4v) is 2.58. The van der Waals surface area contributed by atoms with Crippen molar-refractivity contribution in [1.29, 1.82) is 0 Å². The van der Waals surface area contributed by atoms with Crippen LogP contribution in [0.4, 0.5) is 0 Å². The average Bonchev–Trinajstić information content (AvgIpc) is 2.20. The molecule has 1 saturated carbocycles. The standard InChI is InChI=1S/C8H14BN/c1-8-3-7(9)2-6(8)4-10-5-8/h6-7,10H,2-5H2,1H3/t6-,7+,8+/m1/s1. The third-order valence-corrected chi connectivity index (χ3v) is 3.22. The molecule has 1 N–H and O–H groups in total. The maximum Gasteiger partial charge on any atom is 0.0699 e. The Morgan fingerprint density at radius 3 is 3.10 bits per heavy atom. The van der Waals surface area contributed by atoms with Crippen molar-refractivity contribution in [2.24, 2.45) is 11.3 Å². The van der Waals surface area contributed by atoms with E-state index in [-0.39, 0.29) is 0 Å². The molecule has 10 heavy (non-hydrogen) atoms. The van der Waals surface area contributed by atoms with Crippen molar-refractivity contribution in [3.63, 3.8) is 0 Å². The Hall–Kier alpha value is 0.0249. The molecule has 0 bridgehead atoms. The highest BCUT2D eigenvalue weighted by molar-refractivity contribution is 6.11. The molecule has 2 fully saturated rings. The molecule has 0 spiro atoms. The van der Waals surface area contributed by atoms with Gasteiger partial charge in [-0.15, -0.1) is 0 Å². The van der Waals surface area contributed by atoms with E-state index >= 15 is 0 Å². The summed E-state index contributed by atoms with van der Waals surface area (Å²) in [6, 6.07) is 0. The third kappa shape index (κ3) is 0.816. The number of hydrogen-bond donors (Lipinski definition) is 1. The van der Waals surface area contributed by atoms with Crippen molar-refractivity contribution in [3.05, 3.63) is 0 Å². The largest absolute Gasteiger partial charge is 0.316 e. The van der Waals surface area contributed by atoms with Crippen LogP contribution in [0.1, 0.15) is 19.8 Å². The predicted molar refractivity (Wildman–Crippen MR) is 43.2 cm³/mol. The normalized spacial score (nSPS) is 53.3. The number of nitrogens with one attached hydrogen (secondary N) is 1. The molecule has 3 atom stereocenters. The second-order valence-corrected chi connectivity index (χ2v) is 4.18. The lowest BCUT2D eigenvalue weighted by molar-refractivity contribution is 0.306. The van der Waals surface area contributed by atoms with Gasteiger partial charge in [-0.05, 0) is 17.9 Å². The van der Waals surface area contributed by atoms with Gasteiger partial charge in [0.25, 0.3) is 0 Å². The maximum absolute atomic E-state index is 5.88. The lowest BCUT2D eigenvalue weighted by Crippen LogP contribution is -2.20. The van der Waals surface area contributed by atoms with Gasteiger partial charge in [0.05, 0.1) is 7.85 Å². The first kappa shape index (κ1) is 6.72. The van der Waals surface area contributed by atoms with Crippen molar-refractivity contribution >= 4 is 7.85 Å². The van der Waals surface area contributed by atoms with Crippen LogP contribution in [0, 0.1) is 11.3 Å².